The number of nitro benzene ring substituents is 1. The Morgan fingerprint density at radius 2 is 1.91 bits per heavy atom. The van der Waals surface area contributed by atoms with E-state index in [1.807, 2.05) is 30.3 Å². The summed E-state index contributed by atoms with van der Waals surface area (Å²) in [6.07, 6.45) is 0.614. The van der Waals surface area contributed by atoms with E-state index in [0.717, 1.165) is 16.5 Å². The predicted molar refractivity (Wildman–Crippen MR) is 128 cm³/mol. The summed E-state index contributed by atoms with van der Waals surface area (Å²) in [4.78, 5) is 41.2. The van der Waals surface area contributed by atoms with Crippen LogP contribution >= 0.6 is 0 Å². The molecule has 3 heterocycles. The molecule has 4 aromatic rings. The number of hydrogen-bond acceptors (Lipinski definition) is 7. The van der Waals surface area contributed by atoms with Crippen molar-refractivity contribution in [2.45, 2.75) is 25.7 Å². The first-order valence-corrected chi connectivity index (χ1v) is 10.9. The smallest absolute Gasteiger partial charge is 0.269 e. The van der Waals surface area contributed by atoms with Gasteiger partial charge in [-0.15, -0.1) is 0 Å². The standard InChI is InChI=1S/C26H21N3O6/c1-26(15-30,35-19-9-7-18(8-10-19)29(32)33)21-12-23-24-17(11-16-5-3-4-6-22(16)27-24)13-28(23)25(31)20(21)14-34-2/h3-12,15H,13-14H2,1-2H3/t26-/m1/s1. The Bertz CT molecular complexity index is 1540. The maximum absolute atomic E-state index is 13.6. The van der Waals surface area contributed by atoms with E-state index in [0.29, 0.717) is 35.3 Å². The number of nitro groups is 1. The first kappa shape index (κ1) is 22.4. The molecule has 0 fully saturated rings. The molecule has 2 aromatic heterocycles. The molecule has 0 spiro atoms. The quantitative estimate of drug-likeness (QED) is 0.200. The number of rotatable bonds is 7. The van der Waals surface area contributed by atoms with Crippen molar-refractivity contribution in [1.29, 1.82) is 0 Å². The molecule has 5 rings (SSSR count). The molecule has 1 aliphatic heterocycles. The number of pyridine rings is 2. The number of ether oxygens (including phenoxy) is 2. The molecule has 9 nitrogen and oxygen atoms in total. The highest BCUT2D eigenvalue weighted by Gasteiger charge is 2.36. The van der Waals surface area contributed by atoms with Crippen LogP contribution in [0, 0.1) is 10.1 Å². The zero-order chi connectivity index (χ0) is 24.7. The first-order valence-electron chi connectivity index (χ1n) is 10.9. The summed E-state index contributed by atoms with van der Waals surface area (Å²) in [5.41, 5.74) is 1.67. The summed E-state index contributed by atoms with van der Waals surface area (Å²) in [6.45, 7) is 1.89. The molecular weight excluding hydrogens is 450 g/mol. The molecule has 176 valence electrons. The maximum Gasteiger partial charge on any atom is 0.269 e. The molecule has 2 aromatic carbocycles. The second kappa shape index (κ2) is 8.44. The number of benzene rings is 2. The minimum absolute atomic E-state index is 0.0206. The number of nitrogens with zero attached hydrogens (tertiary/aromatic N) is 3. The van der Waals surface area contributed by atoms with E-state index >= 15 is 0 Å². The lowest BCUT2D eigenvalue weighted by Gasteiger charge is -2.28. The molecular formula is C26H21N3O6. The van der Waals surface area contributed by atoms with Gasteiger partial charge >= 0.3 is 0 Å². The van der Waals surface area contributed by atoms with E-state index in [-0.39, 0.29) is 23.6 Å². The van der Waals surface area contributed by atoms with E-state index in [1.165, 1.54) is 31.4 Å². The van der Waals surface area contributed by atoms with Gasteiger partial charge in [0.1, 0.15) is 5.75 Å². The number of aromatic nitrogens is 2. The number of carbonyl (C=O) groups excluding carboxylic acids is 1. The van der Waals surface area contributed by atoms with Crippen molar-refractivity contribution < 1.29 is 19.2 Å². The van der Waals surface area contributed by atoms with Crippen molar-refractivity contribution in [1.82, 2.24) is 9.55 Å². The summed E-state index contributed by atoms with van der Waals surface area (Å²) in [7, 11) is 1.47. The second-order valence-corrected chi connectivity index (χ2v) is 8.51. The molecule has 0 aliphatic carbocycles. The van der Waals surface area contributed by atoms with Gasteiger partial charge in [-0.1, -0.05) is 18.2 Å². The van der Waals surface area contributed by atoms with Crippen LogP contribution in [-0.4, -0.2) is 27.9 Å². The van der Waals surface area contributed by atoms with Gasteiger partial charge in [-0.2, -0.15) is 0 Å². The maximum atomic E-state index is 13.6. The molecule has 0 amide bonds. The lowest BCUT2D eigenvalue weighted by atomic mass is 9.92. The zero-order valence-corrected chi connectivity index (χ0v) is 19.1. The van der Waals surface area contributed by atoms with Crippen LogP contribution in [-0.2, 0) is 28.3 Å². The molecule has 9 heteroatoms. The fourth-order valence-corrected chi connectivity index (χ4v) is 4.46. The monoisotopic (exact) mass is 471 g/mol. The van der Waals surface area contributed by atoms with Crippen LogP contribution in [0.1, 0.15) is 23.6 Å². The highest BCUT2D eigenvalue weighted by Crippen LogP contribution is 2.36. The van der Waals surface area contributed by atoms with Crippen LogP contribution in [0.5, 0.6) is 5.75 Å². The van der Waals surface area contributed by atoms with E-state index in [2.05, 4.69) is 0 Å². The van der Waals surface area contributed by atoms with Crippen molar-refractivity contribution in [3.63, 3.8) is 0 Å². The van der Waals surface area contributed by atoms with Crippen LogP contribution in [0.3, 0.4) is 0 Å². The van der Waals surface area contributed by atoms with Crippen molar-refractivity contribution >= 4 is 22.9 Å². The average Bonchev–Trinajstić information content (AvgIpc) is 3.22. The van der Waals surface area contributed by atoms with Crippen LogP contribution in [0.25, 0.3) is 22.3 Å². The summed E-state index contributed by atoms with van der Waals surface area (Å²) in [6, 6.07) is 16.9. The number of methoxy groups -OCH3 is 1. The third-order valence-corrected chi connectivity index (χ3v) is 6.20. The zero-order valence-electron chi connectivity index (χ0n) is 19.1. The van der Waals surface area contributed by atoms with Crippen LogP contribution in [0.2, 0.25) is 0 Å². The van der Waals surface area contributed by atoms with Crippen molar-refractivity contribution in [3.8, 4) is 17.1 Å². The predicted octanol–water partition coefficient (Wildman–Crippen LogP) is 3.97. The van der Waals surface area contributed by atoms with E-state index in [9.17, 15) is 19.7 Å². The Balaban J connectivity index is 1.66. The van der Waals surface area contributed by atoms with E-state index in [4.69, 9.17) is 14.5 Å². The van der Waals surface area contributed by atoms with Crippen LogP contribution in [0.4, 0.5) is 5.69 Å². The third-order valence-electron chi connectivity index (χ3n) is 6.20. The number of aldehydes is 1. The summed E-state index contributed by atoms with van der Waals surface area (Å²) < 4.78 is 13.0. The fraction of sp³-hybridized carbons (Fsp3) is 0.192. The highest BCUT2D eigenvalue weighted by molar-refractivity contribution is 5.84. The number of hydrogen-bond donors (Lipinski definition) is 0. The van der Waals surface area contributed by atoms with Gasteiger partial charge in [0.25, 0.3) is 11.2 Å². The van der Waals surface area contributed by atoms with Gasteiger partial charge < -0.3 is 14.0 Å². The largest absolute Gasteiger partial charge is 0.475 e. The Labute approximate surface area is 199 Å². The summed E-state index contributed by atoms with van der Waals surface area (Å²) in [5, 5.41) is 11.9. The average molecular weight is 471 g/mol. The van der Waals surface area contributed by atoms with E-state index < -0.39 is 10.5 Å². The molecule has 35 heavy (non-hydrogen) atoms. The number of fused-ring (bicyclic) bond motifs is 4. The van der Waals surface area contributed by atoms with Gasteiger partial charge in [0.2, 0.25) is 0 Å². The minimum atomic E-state index is -1.56. The van der Waals surface area contributed by atoms with Gasteiger partial charge in [0.05, 0.1) is 40.5 Å². The molecule has 0 unspecified atom stereocenters. The number of carbonyl (C=O) groups is 1. The third kappa shape index (κ3) is 3.75. The Morgan fingerprint density at radius 1 is 1.17 bits per heavy atom. The topological polar surface area (TPSA) is 114 Å². The van der Waals surface area contributed by atoms with Crippen molar-refractivity contribution in [3.05, 3.63) is 97.8 Å². The SMILES string of the molecule is COCc1c([C@@](C)(C=O)Oc2ccc([N+](=O)[O-])cc2)cc2n(c1=O)Cc1cc3ccccc3nc1-2. The Hall–Kier alpha value is -4.37. The van der Waals surface area contributed by atoms with Gasteiger partial charge in [0.15, 0.2) is 11.9 Å². The molecule has 1 aliphatic rings. The van der Waals surface area contributed by atoms with Gasteiger partial charge in [0, 0.05) is 35.8 Å². The summed E-state index contributed by atoms with van der Waals surface area (Å²) in [5.74, 6) is 0.249. The molecule has 0 saturated heterocycles. The normalized spacial score (nSPS) is 13.7. The minimum Gasteiger partial charge on any atom is -0.475 e. The number of para-hydroxylation sites is 1. The lowest BCUT2D eigenvalue weighted by Crippen LogP contribution is -2.37. The van der Waals surface area contributed by atoms with Gasteiger partial charge in [-0.05, 0) is 37.3 Å². The van der Waals surface area contributed by atoms with Crippen molar-refractivity contribution in [2.75, 3.05) is 7.11 Å². The number of non-ortho nitro benzene ring substituents is 1. The Kier molecular flexibility index (Phi) is 5.41. The molecule has 0 saturated carbocycles. The molecule has 0 radical (unpaired) electrons. The highest BCUT2D eigenvalue weighted by atomic mass is 16.6. The van der Waals surface area contributed by atoms with Crippen molar-refractivity contribution in [2.24, 2.45) is 0 Å². The van der Waals surface area contributed by atoms with Gasteiger partial charge in [-0.25, -0.2) is 4.98 Å². The van der Waals surface area contributed by atoms with Crippen LogP contribution < -0.4 is 10.3 Å². The van der Waals surface area contributed by atoms with E-state index in [1.54, 1.807) is 17.6 Å². The molecule has 0 N–H and O–H groups in total. The molecule has 1 atom stereocenters. The fourth-order valence-electron chi connectivity index (χ4n) is 4.46. The summed E-state index contributed by atoms with van der Waals surface area (Å²) >= 11 is 0. The van der Waals surface area contributed by atoms with Crippen LogP contribution in [0.15, 0.2) is 65.5 Å². The van der Waals surface area contributed by atoms with Gasteiger partial charge in [-0.3, -0.25) is 19.7 Å². The molecule has 0 bridgehead atoms. The lowest BCUT2D eigenvalue weighted by molar-refractivity contribution is -0.384. The Morgan fingerprint density at radius 3 is 2.60 bits per heavy atom. The second-order valence-electron chi connectivity index (χ2n) is 8.51. The first-order chi connectivity index (χ1) is 16.8.